The number of hydrogen-bond acceptors (Lipinski definition) is 4. The quantitative estimate of drug-likeness (QED) is 0.271. The third kappa shape index (κ3) is 12.5. The van der Waals surface area contributed by atoms with Crippen molar-refractivity contribution in [1.29, 1.82) is 10.8 Å². The van der Waals surface area contributed by atoms with E-state index in [0.29, 0.717) is 5.92 Å². The Morgan fingerprint density at radius 1 is 0.679 bits per heavy atom. The monoisotopic (exact) mass is 380 g/mol. The molecular weight excluding hydrogens is 348 g/mol. The van der Waals surface area contributed by atoms with Gasteiger partial charge in [0.25, 0.3) is 0 Å². The molecule has 0 bridgehead atoms. The van der Waals surface area contributed by atoms with Gasteiger partial charge in [-0.05, 0) is 17.5 Å². The molecule has 0 aliphatic rings. The van der Waals surface area contributed by atoms with Gasteiger partial charge in [-0.25, -0.2) is 20.4 Å². The Morgan fingerprint density at radius 3 is 1.43 bits per heavy atom. The van der Waals surface area contributed by atoms with Crippen molar-refractivity contribution >= 4 is 12.2 Å². The highest BCUT2D eigenvalue weighted by Crippen LogP contribution is 2.29. The fraction of sp³-hybridized carbons (Fsp3) is 0.417. The molecule has 4 nitrogen and oxygen atoms in total. The number of nitrogens with one attached hydrogen (secondary N) is 2. The highest BCUT2D eigenvalue weighted by molar-refractivity contribution is 5.32. The number of carbonyl (C=O) groups excluding carboxylic acids is 2. The maximum Gasteiger partial charge on any atom is 0.231 e. The van der Waals surface area contributed by atoms with Crippen LogP contribution in [0.15, 0.2) is 60.7 Å². The van der Waals surface area contributed by atoms with E-state index in [9.17, 15) is 0 Å². The smallest absolute Gasteiger partial charge is 0.222 e. The number of hydrogen-bond donors (Lipinski definition) is 2. The molecule has 2 rings (SSSR count). The molecular formula is C24H32N2O2. The molecule has 0 aliphatic heterocycles. The molecule has 0 saturated heterocycles. The lowest BCUT2D eigenvalue weighted by molar-refractivity contribution is 0.559. The van der Waals surface area contributed by atoms with Crippen molar-refractivity contribution in [2.24, 2.45) is 0 Å². The molecule has 0 heterocycles. The zero-order valence-electron chi connectivity index (χ0n) is 16.8. The van der Waals surface area contributed by atoms with Gasteiger partial charge in [0, 0.05) is 5.92 Å². The van der Waals surface area contributed by atoms with Crippen molar-refractivity contribution in [3.8, 4) is 0 Å². The summed E-state index contributed by atoms with van der Waals surface area (Å²) in [5.74, 6) is 0.554. The van der Waals surface area contributed by atoms with Crippen LogP contribution in [0.5, 0.6) is 0 Å². The number of benzene rings is 2. The van der Waals surface area contributed by atoms with E-state index in [4.69, 9.17) is 20.4 Å². The molecule has 2 aromatic rings. The topological polar surface area (TPSA) is 81.8 Å². The molecule has 2 N–H and O–H groups in total. The van der Waals surface area contributed by atoms with E-state index in [1.807, 2.05) is 0 Å². The van der Waals surface area contributed by atoms with Gasteiger partial charge in [-0.2, -0.15) is 0 Å². The molecule has 0 fully saturated rings. The first-order chi connectivity index (χ1) is 13.7. The second kappa shape index (κ2) is 19.0. The minimum Gasteiger partial charge on any atom is -0.222 e. The van der Waals surface area contributed by atoms with E-state index < -0.39 is 0 Å². The summed E-state index contributed by atoms with van der Waals surface area (Å²) < 4.78 is 0. The average molecular weight is 381 g/mol. The van der Waals surface area contributed by atoms with Gasteiger partial charge in [0.05, 0.1) is 0 Å². The van der Waals surface area contributed by atoms with Crippen LogP contribution in [0.25, 0.3) is 0 Å². The van der Waals surface area contributed by atoms with Gasteiger partial charge in [-0.1, -0.05) is 113 Å². The Hall–Kier alpha value is -2.80. The van der Waals surface area contributed by atoms with Crippen LogP contribution < -0.4 is 0 Å². The van der Waals surface area contributed by atoms with Gasteiger partial charge in [0.1, 0.15) is 0 Å². The van der Waals surface area contributed by atoms with E-state index in [1.165, 1.54) is 62.5 Å². The lowest BCUT2D eigenvalue weighted by atomic mass is 9.87. The summed E-state index contributed by atoms with van der Waals surface area (Å²) >= 11 is 0. The maximum absolute atomic E-state index is 8.35. The highest BCUT2D eigenvalue weighted by Gasteiger charge is 2.13. The molecule has 2 aromatic carbocycles. The van der Waals surface area contributed by atoms with Gasteiger partial charge < -0.3 is 0 Å². The minimum absolute atomic E-state index is 0.554. The second-order valence-corrected chi connectivity index (χ2v) is 6.49. The maximum atomic E-state index is 8.35. The number of unbranched alkanes of at least 4 members (excludes halogenated alkanes) is 6. The predicted molar refractivity (Wildman–Crippen MR) is 114 cm³/mol. The van der Waals surface area contributed by atoms with Crippen LogP contribution in [0.1, 0.15) is 75.3 Å². The van der Waals surface area contributed by atoms with E-state index in [-0.39, 0.29) is 0 Å². The van der Waals surface area contributed by atoms with Crippen LogP contribution in [0.3, 0.4) is 0 Å². The normalized spacial score (nSPS) is 9.21. The van der Waals surface area contributed by atoms with Crippen molar-refractivity contribution in [2.75, 3.05) is 0 Å². The van der Waals surface area contributed by atoms with Gasteiger partial charge >= 0.3 is 0 Å². The second-order valence-electron chi connectivity index (χ2n) is 6.49. The first-order valence-corrected chi connectivity index (χ1v) is 9.92. The fourth-order valence-electron chi connectivity index (χ4n) is 3.20. The molecule has 0 aliphatic carbocycles. The summed E-state index contributed by atoms with van der Waals surface area (Å²) in [6, 6.07) is 22.0. The van der Waals surface area contributed by atoms with Crippen LogP contribution in [0.2, 0.25) is 0 Å². The van der Waals surface area contributed by atoms with E-state index in [1.54, 1.807) is 0 Å². The first kappa shape index (κ1) is 25.2. The van der Waals surface area contributed by atoms with Crippen molar-refractivity contribution in [2.45, 2.75) is 64.2 Å². The molecule has 0 spiro atoms. The Kier molecular flexibility index (Phi) is 17.1. The molecule has 4 heteroatoms. The molecule has 0 amide bonds. The summed E-state index contributed by atoms with van der Waals surface area (Å²) in [6.45, 7) is 2.28. The number of isocyanates is 2. The Balaban J connectivity index is 0.00000108. The van der Waals surface area contributed by atoms with Crippen LogP contribution >= 0.6 is 0 Å². The third-order valence-electron chi connectivity index (χ3n) is 4.50. The average Bonchev–Trinajstić information content (AvgIpc) is 2.73. The zero-order valence-corrected chi connectivity index (χ0v) is 16.8. The van der Waals surface area contributed by atoms with E-state index in [0.717, 1.165) is 12.2 Å². The van der Waals surface area contributed by atoms with Crippen molar-refractivity contribution in [3.63, 3.8) is 0 Å². The van der Waals surface area contributed by atoms with Gasteiger partial charge in [0.2, 0.25) is 12.2 Å². The van der Waals surface area contributed by atoms with E-state index >= 15 is 0 Å². The van der Waals surface area contributed by atoms with Crippen LogP contribution in [0.4, 0.5) is 0 Å². The minimum atomic E-state index is 0.554. The lowest BCUT2D eigenvalue weighted by Crippen LogP contribution is -2.01. The predicted octanol–water partition coefficient (Wildman–Crippen LogP) is 6.76. The Morgan fingerprint density at radius 2 is 1.04 bits per heavy atom. The standard InChI is InChI=1S/C22H30.2CHNO/c1-2-3-4-5-6-7-14-19-22(20-15-10-8-11-16-20)21-17-12-9-13-18-21;2*2-1-3/h8-13,15-18,22H,2-7,14,19H2,1H3;2*2H. The highest BCUT2D eigenvalue weighted by atomic mass is 16.1. The van der Waals surface area contributed by atoms with Gasteiger partial charge in [-0.15, -0.1) is 0 Å². The summed E-state index contributed by atoms with van der Waals surface area (Å²) in [7, 11) is 0. The molecule has 150 valence electrons. The number of rotatable bonds is 10. The molecule has 28 heavy (non-hydrogen) atoms. The molecule has 0 saturated carbocycles. The summed E-state index contributed by atoms with van der Waals surface area (Å²) in [5.41, 5.74) is 2.92. The zero-order chi connectivity index (χ0) is 20.9. The molecule has 0 atom stereocenters. The Labute approximate surface area is 169 Å². The van der Waals surface area contributed by atoms with Gasteiger partial charge in [0.15, 0.2) is 0 Å². The summed E-state index contributed by atoms with van der Waals surface area (Å²) in [6.07, 6.45) is 12.4. The van der Waals surface area contributed by atoms with Crippen molar-refractivity contribution < 1.29 is 9.59 Å². The Bertz CT molecular complexity index is 608. The van der Waals surface area contributed by atoms with Crippen LogP contribution in [0, 0.1) is 10.8 Å². The van der Waals surface area contributed by atoms with Gasteiger partial charge in [-0.3, -0.25) is 0 Å². The van der Waals surface area contributed by atoms with E-state index in [2.05, 4.69) is 67.6 Å². The van der Waals surface area contributed by atoms with Crippen molar-refractivity contribution in [1.82, 2.24) is 0 Å². The molecule has 0 radical (unpaired) electrons. The molecule has 0 aromatic heterocycles. The van der Waals surface area contributed by atoms with Crippen LogP contribution in [-0.2, 0) is 9.59 Å². The lowest BCUT2D eigenvalue weighted by Gasteiger charge is -2.18. The first-order valence-electron chi connectivity index (χ1n) is 9.92. The summed E-state index contributed by atoms with van der Waals surface area (Å²) in [4.78, 5) is 16.7. The van der Waals surface area contributed by atoms with Crippen LogP contribution in [-0.4, -0.2) is 12.2 Å². The molecule has 0 unspecified atom stereocenters. The van der Waals surface area contributed by atoms with Crippen molar-refractivity contribution in [3.05, 3.63) is 71.8 Å². The third-order valence-corrected chi connectivity index (χ3v) is 4.50. The SMILES string of the molecule is CCCCCCCCCC(c1ccccc1)c1ccccc1.N=C=O.N=C=O. The summed E-state index contributed by atoms with van der Waals surface area (Å²) in [5, 5.41) is 10.8. The fourth-order valence-corrected chi connectivity index (χ4v) is 3.20. The largest absolute Gasteiger partial charge is 0.231 e.